The molecule has 0 aliphatic heterocycles. The molecule has 0 aliphatic carbocycles. The van der Waals surface area contributed by atoms with Gasteiger partial charge in [-0.05, 0) is 29.9 Å². The van der Waals surface area contributed by atoms with Gasteiger partial charge in [0, 0.05) is 24.0 Å². The van der Waals surface area contributed by atoms with E-state index >= 15 is 0 Å². The SMILES string of the molecule is CC(C)Cc1c(C(=O)N[C@H](C(=O)C(Oc2c(F)c(F)cc(F)c2F)C(=O)C(N)CC(=O)O)C(C)C)n(C)c2ccccc12. The number of nitrogens with zero attached hydrogens (tertiary/aromatic N) is 1. The number of rotatable bonds is 13. The minimum absolute atomic E-state index is 0.0952. The molecule has 1 aromatic heterocycles. The lowest BCUT2D eigenvalue weighted by molar-refractivity contribution is -0.144. The maximum Gasteiger partial charge on any atom is 0.305 e. The van der Waals surface area contributed by atoms with Crippen LogP contribution in [-0.2, 0) is 27.9 Å². The van der Waals surface area contributed by atoms with E-state index in [9.17, 15) is 36.7 Å². The summed E-state index contributed by atoms with van der Waals surface area (Å²) >= 11 is 0. The number of ether oxygens (including phenoxy) is 1. The van der Waals surface area contributed by atoms with Crippen molar-refractivity contribution in [2.24, 2.45) is 24.6 Å². The summed E-state index contributed by atoms with van der Waals surface area (Å²) in [5, 5.41) is 12.5. The van der Waals surface area contributed by atoms with Crippen LogP contribution >= 0.6 is 0 Å². The molecule has 3 rings (SSSR count). The number of amides is 1. The molecule has 1 amide bonds. The molecule has 0 spiro atoms. The molecule has 0 radical (unpaired) electrons. The molecule has 2 aromatic carbocycles. The number of Topliss-reactive ketones (excluding diaryl/α,β-unsaturated/α-hetero) is 2. The Hall–Kier alpha value is -4.26. The van der Waals surface area contributed by atoms with Crippen LogP contribution in [0.15, 0.2) is 30.3 Å². The number of aromatic nitrogens is 1. The van der Waals surface area contributed by atoms with Gasteiger partial charge in [-0.15, -0.1) is 0 Å². The second-order valence-electron chi connectivity index (χ2n) is 11.0. The molecule has 4 N–H and O–H groups in total. The first-order valence-corrected chi connectivity index (χ1v) is 13.5. The average molecular weight is 608 g/mol. The first kappa shape index (κ1) is 33.2. The summed E-state index contributed by atoms with van der Waals surface area (Å²) in [6.07, 6.45) is -3.03. The number of halogens is 4. The smallest absolute Gasteiger partial charge is 0.305 e. The van der Waals surface area contributed by atoms with E-state index in [1.165, 1.54) is 13.8 Å². The molecule has 0 saturated heterocycles. The molecule has 0 aliphatic rings. The van der Waals surface area contributed by atoms with Gasteiger partial charge in [-0.1, -0.05) is 45.9 Å². The number of benzene rings is 2. The fraction of sp³-hybridized carbons (Fsp3) is 0.400. The second kappa shape index (κ2) is 13.4. The summed E-state index contributed by atoms with van der Waals surface area (Å²) in [6.45, 7) is 6.93. The highest BCUT2D eigenvalue weighted by atomic mass is 19.2. The largest absolute Gasteiger partial charge is 0.481 e. The molecule has 0 fully saturated rings. The van der Waals surface area contributed by atoms with Crippen LogP contribution in [0.25, 0.3) is 10.9 Å². The van der Waals surface area contributed by atoms with Crippen LogP contribution in [-0.4, -0.2) is 51.3 Å². The van der Waals surface area contributed by atoms with E-state index in [0.717, 1.165) is 10.9 Å². The van der Waals surface area contributed by atoms with Crippen molar-refractivity contribution < 1.29 is 46.6 Å². The van der Waals surface area contributed by atoms with E-state index in [4.69, 9.17) is 15.6 Å². The zero-order chi connectivity index (χ0) is 32.3. The van der Waals surface area contributed by atoms with Crippen molar-refractivity contribution in [1.29, 1.82) is 0 Å². The molecule has 232 valence electrons. The Morgan fingerprint density at radius 2 is 1.56 bits per heavy atom. The number of nitrogens with two attached hydrogens (primary N) is 1. The van der Waals surface area contributed by atoms with Crippen molar-refractivity contribution in [3.8, 4) is 5.75 Å². The fourth-order valence-electron chi connectivity index (χ4n) is 4.83. The van der Waals surface area contributed by atoms with Crippen LogP contribution < -0.4 is 15.8 Å². The Labute approximate surface area is 245 Å². The molecule has 3 atom stereocenters. The molecule has 13 heteroatoms. The number of fused-ring (bicyclic) bond motifs is 1. The zero-order valence-electron chi connectivity index (χ0n) is 24.2. The quantitative estimate of drug-likeness (QED) is 0.151. The second-order valence-corrected chi connectivity index (χ2v) is 11.0. The molecule has 2 unspecified atom stereocenters. The fourth-order valence-corrected chi connectivity index (χ4v) is 4.83. The third kappa shape index (κ3) is 7.04. The molecular formula is C30H33F4N3O6. The first-order chi connectivity index (χ1) is 20.1. The van der Waals surface area contributed by atoms with Crippen molar-refractivity contribution in [2.75, 3.05) is 0 Å². The Morgan fingerprint density at radius 3 is 2.09 bits per heavy atom. The predicted octanol–water partition coefficient (Wildman–Crippen LogP) is 4.08. The van der Waals surface area contributed by atoms with Crippen molar-refractivity contribution in [3.63, 3.8) is 0 Å². The van der Waals surface area contributed by atoms with E-state index in [0.29, 0.717) is 12.0 Å². The highest BCUT2D eigenvalue weighted by molar-refractivity contribution is 6.12. The number of hydrogen-bond acceptors (Lipinski definition) is 6. The first-order valence-electron chi connectivity index (χ1n) is 13.5. The zero-order valence-corrected chi connectivity index (χ0v) is 24.2. The average Bonchev–Trinajstić information content (AvgIpc) is 3.20. The van der Waals surface area contributed by atoms with E-state index in [-0.39, 0.29) is 17.7 Å². The Morgan fingerprint density at radius 1 is 0.977 bits per heavy atom. The van der Waals surface area contributed by atoms with Gasteiger partial charge in [0.15, 0.2) is 23.2 Å². The molecule has 9 nitrogen and oxygen atoms in total. The number of hydrogen-bond donors (Lipinski definition) is 3. The summed E-state index contributed by atoms with van der Waals surface area (Å²) in [7, 11) is 1.66. The van der Waals surface area contributed by atoms with Crippen molar-refractivity contribution in [2.45, 2.75) is 58.7 Å². The Balaban J connectivity index is 2.08. The Kier molecular flexibility index (Phi) is 10.3. The summed E-state index contributed by atoms with van der Waals surface area (Å²) in [5.41, 5.74) is 7.32. The molecule has 43 heavy (non-hydrogen) atoms. The van der Waals surface area contributed by atoms with Gasteiger partial charge in [0.25, 0.3) is 5.91 Å². The minimum atomic E-state index is -2.53. The van der Waals surface area contributed by atoms with Gasteiger partial charge >= 0.3 is 5.97 Å². The third-order valence-electron chi connectivity index (χ3n) is 6.88. The molecule has 3 aromatic rings. The maximum atomic E-state index is 14.5. The highest BCUT2D eigenvalue weighted by Gasteiger charge is 2.41. The Bertz CT molecular complexity index is 1540. The highest BCUT2D eigenvalue weighted by Crippen LogP contribution is 2.30. The number of ketones is 2. The van der Waals surface area contributed by atoms with Gasteiger partial charge < -0.3 is 25.5 Å². The van der Waals surface area contributed by atoms with E-state index < -0.39 is 83.0 Å². The van der Waals surface area contributed by atoms with Gasteiger partial charge in [0.2, 0.25) is 23.5 Å². The van der Waals surface area contributed by atoms with Gasteiger partial charge in [-0.3, -0.25) is 19.2 Å². The van der Waals surface area contributed by atoms with E-state index in [2.05, 4.69) is 5.32 Å². The van der Waals surface area contributed by atoms with Crippen LogP contribution in [0.2, 0.25) is 0 Å². The maximum absolute atomic E-state index is 14.5. The number of carbonyl (C=O) groups is 4. The topological polar surface area (TPSA) is 141 Å². The summed E-state index contributed by atoms with van der Waals surface area (Å²) in [6, 6.07) is 3.73. The number of carboxylic acids is 1. The normalized spacial score (nSPS) is 13.7. The van der Waals surface area contributed by atoms with Crippen LogP contribution in [0, 0.1) is 35.1 Å². The standard InChI is InChI=1S/C30H33F4N3O6/c1-13(2)10-16-15-8-6-7-9-20(15)37(5)25(16)30(42)36-24(14(3)4)27(41)29(26(40)19(35)12-21(38)39)43-28-22(33)17(31)11-18(32)23(28)34/h6-9,11,13-14,19,24,29H,10,12,35H2,1-5H3,(H,36,42)(H,38,39)/t19?,24-,29?/m0/s1. The van der Waals surface area contributed by atoms with Crippen LogP contribution in [0.5, 0.6) is 5.75 Å². The lowest BCUT2D eigenvalue weighted by atomic mass is 9.91. The number of aliphatic carboxylic acids is 1. The van der Waals surface area contributed by atoms with Crippen LogP contribution in [0.3, 0.4) is 0 Å². The summed E-state index contributed by atoms with van der Waals surface area (Å²) in [5.74, 6) is -15.1. The minimum Gasteiger partial charge on any atom is -0.481 e. The van der Waals surface area contributed by atoms with Gasteiger partial charge in [0.05, 0.1) is 18.5 Å². The third-order valence-corrected chi connectivity index (χ3v) is 6.88. The molecular weight excluding hydrogens is 574 g/mol. The number of para-hydroxylation sites is 1. The van der Waals surface area contributed by atoms with E-state index in [1.54, 1.807) is 17.7 Å². The van der Waals surface area contributed by atoms with Gasteiger partial charge in [0.1, 0.15) is 5.69 Å². The van der Waals surface area contributed by atoms with Crippen LogP contribution in [0.1, 0.15) is 50.2 Å². The van der Waals surface area contributed by atoms with Crippen molar-refractivity contribution >= 4 is 34.3 Å². The van der Waals surface area contributed by atoms with Gasteiger partial charge in [-0.25, -0.2) is 8.78 Å². The van der Waals surface area contributed by atoms with Crippen LogP contribution in [0.4, 0.5) is 17.6 Å². The number of nitrogens with one attached hydrogen (secondary N) is 1. The molecule has 0 saturated carbocycles. The predicted molar refractivity (Wildman–Crippen MR) is 148 cm³/mol. The summed E-state index contributed by atoms with van der Waals surface area (Å²) in [4.78, 5) is 51.9. The lowest BCUT2D eigenvalue weighted by Crippen LogP contribution is -2.55. The van der Waals surface area contributed by atoms with Gasteiger partial charge in [-0.2, -0.15) is 8.78 Å². The summed E-state index contributed by atoms with van der Waals surface area (Å²) < 4.78 is 63.4. The monoisotopic (exact) mass is 607 g/mol. The molecule has 0 bridgehead atoms. The number of carbonyl (C=O) groups excluding carboxylic acids is 3. The number of aryl methyl sites for hydroxylation is 1. The molecule has 1 heterocycles. The number of carboxylic acid groups (broad SMARTS) is 1. The van der Waals surface area contributed by atoms with Crippen molar-refractivity contribution in [3.05, 3.63) is 64.9 Å². The lowest BCUT2D eigenvalue weighted by Gasteiger charge is -2.27. The van der Waals surface area contributed by atoms with E-state index in [1.807, 2.05) is 32.0 Å². The van der Waals surface area contributed by atoms with Crippen molar-refractivity contribution in [1.82, 2.24) is 9.88 Å².